The molecular weight excluding hydrogens is 742 g/mol. The number of benzene rings is 1. The van der Waals surface area contributed by atoms with E-state index in [9.17, 15) is 32.0 Å². The van der Waals surface area contributed by atoms with Gasteiger partial charge in [0.05, 0.1) is 37.5 Å². The molecule has 2 aromatic rings. The molecule has 3 saturated carbocycles. The van der Waals surface area contributed by atoms with E-state index in [-0.39, 0.29) is 68.9 Å². The molecule has 0 radical (unpaired) electrons. The third-order valence-corrected chi connectivity index (χ3v) is 14.6. The molecule has 1 N–H and O–H groups in total. The number of aromatic nitrogens is 1. The zero-order valence-electron chi connectivity index (χ0n) is 32.5. The normalized spacial score (nSPS) is 31.6. The molecule has 7 atom stereocenters. The number of pyridine rings is 1. The van der Waals surface area contributed by atoms with E-state index in [1.54, 1.807) is 19.4 Å². The Balaban J connectivity index is 1.20. The van der Waals surface area contributed by atoms with Gasteiger partial charge in [-0.1, -0.05) is 32.4 Å². The highest BCUT2D eigenvalue weighted by molar-refractivity contribution is 7.91. The molecule has 1 aromatic heterocycles. The van der Waals surface area contributed by atoms with Gasteiger partial charge in [-0.2, -0.15) is 0 Å². The highest BCUT2D eigenvalue weighted by atomic mass is 32.2. The number of fused-ring (bicyclic) bond motifs is 3. The summed E-state index contributed by atoms with van der Waals surface area (Å²) in [4.78, 5) is 62.9. The number of hydrogen-bond donors (Lipinski definition) is 1. The number of carbonyl (C=O) groups is 4. The molecule has 3 aliphatic carbocycles. The zero-order valence-corrected chi connectivity index (χ0v) is 33.4. The van der Waals surface area contributed by atoms with E-state index in [0.717, 1.165) is 43.9 Å². The summed E-state index contributed by atoms with van der Waals surface area (Å²) in [5, 5.41) is -0.957. The number of nitrogens with zero attached hydrogens (tertiary/aromatic N) is 2. The molecule has 14 heteroatoms. The summed E-state index contributed by atoms with van der Waals surface area (Å²) >= 11 is 0. The number of carbonyl (C=O) groups excluding carboxylic acids is 4. The number of Topliss-reactive ketones (excluding diaryl/α,β-unsaturated/α-hetero) is 1. The molecule has 5 aliphatic rings. The van der Waals surface area contributed by atoms with Crippen LogP contribution in [0.1, 0.15) is 104 Å². The Morgan fingerprint density at radius 2 is 1.80 bits per heavy atom. The van der Waals surface area contributed by atoms with E-state index < -0.39 is 62.1 Å². The average molecular weight is 796 g/mol. The summed E-state index contributed by atoms with van der Waals surface area (Å²) in [5.41, 5.74) is -1.42. The first kappa shape index (κ1) is 40.1. The Morgan fingerprint density at radius 1 is 1.04 bits per heavy atom. The van der Waals surface area contributed by atoms with Gasteiger partial charge in [-0.15, -0.1) is 0 Å². The Morgan fingerprint density at radius 3 is 2.54 bits per heavy atom. The summed E-state index contributed by atoms with van der Waals surface area (Å²) in [6, 6.07) is 6.28. The van der Waals surface area contributed by atoms with E-state index in [4.69, 9.17) is 14.2 Å². The largest absolute Gasteiger partial charge is 0.497 e. The van der Waals surface area contributed by atoms with Crippen molar-refractivity contribution in [3.8, 4) is 11.6 Å². The van der Waals surface area contributed by atoms with Crippen LogP contribution in [-0.4, -0.2) is 78.8 Å². The Hall–Kier alpha value is -4.07. The minimum atomic E-state index is -4.61. The van der Waals surface area contributed by atoms with Crippen molar-refractivity contribution in [1.82, 2.24) is 14.6 Å². The number of esters is 1. The molecule has 3 heterocycles. The van der Waals surface area contributed by atoms with Crippen molar-refractivity contribution in [2.75, 3.05) is 13.7 Å². The van der Waals surface area contributed by atoms with Gasteiger partial charge in [0.2, 0.25) is 22.7 Å². The molecule has 12 nitrogen and oxygen atoms in total. The number of sulfonamides is 1. The number of methoxy groups -OCH3 is 1. The summed E-state index contributed by atoms with van der Waals surface area (Å²) in [6.07, 6.45) is 10.8. The number of nitrogens with one attached hydrogen (secondary N) is 1. The first-order valence-electron chi connectivity index (χ1n) is 20.3. The second kappa shape index (κ2) is 16.1. The maximum Gasteiger partial charge on any atom is 0.306 e. The second-order valence-electron chi connectivity index (χ2n) is 17.0. The van der Waals surface area contributed by atoms with Crippen LogP contribution in [0.4, 0.5) is 4.39 Å². The van der Waals surface area contributed by atoms with Crippen LogP contribution < -0.4 is 14.2 Å². The first-order chi connectivity index (χ1) is 26.7. The number of amides is 2. The molecule has 304 valence electrons. The van der Waals surface area contributed by atoms with Crippen LogP contribution in [0, 0.1) is 29.1 Å². The molecule has 0 spiro atoms. The van der Waals surface area contributed by atoms with Crippen LogP contribution in [0.2, 0.25) is 0 Å². The summed E-state index contributed by atoms with van der Waals surface area (Å²) in [6.45, 7) is 4.11. The molecule has 1 aromatic carbocycles. The van der Waals surface area contributed by atoms with Crippen molar-refractivity contribution < 1.29 is 46.2 Å². The predicted octanol–water partition coefficient (Wildman–Crippen LogP) is 6.36. The summed E-state index contributed by atoms with van der Waals surface area (Å²) in [5.74, 6) is -2.39. The van der Waals surface area contributed by atoms with Gasteiger partial charge in [0.1, 0.15) is 18.0 Å². The lowest BCUT2D eigenvalue weighted by molar-refractivity contribution is -0.156. The lowest BCUT2D eigenvalue weighted by Crippen LogP contribution is -2.48. The van der Waals surface area contributed by atoms with Gasteiger partial charge in [0.15, 0.2) is 5.78 Å². The topological polar surface area (TPSA) is 158 Å². The molecule has 1 saturated heterocycles. The number of allylic oxidation sites excluding steroid dienone is 2. The fourth-order valence-corrected chi connectivity index (χ4v) is 10.3. The van der Waals surface area contributed by atoms with E-state index in [1.807, 2.05) is 42.0 Å². The maximum absolute atomic E-state index is 14.9. The van der Waals surface area contributed by atoms with Crippen molar-refractivity contribution in [2.24, 2.45) is 29.1 Å². The van der Waals surface area contributed by atoms with Gasteiger partial charge in [-0.25, -0.2) is 22.5 Å². The molecule has 2 aliphatic heterocycles. The Kier molecular flexibility index (Phi) is 11.5. The smallest absolute Gasteiger partial charge is 0.306 e. The van der Waals surface area contributed by atoms with Crippen molar-refractivity contribution in [1.29, 1.82) is 0 Å². The van der Waals surface area contributed by atoms with E-state index in [0.29, 0.717) is 29.9 Å². The molecular formula is C42H54FN3O9S. The predicted molar refractivity (Wildman–Crippen MR) is 206 cm³/mol. The van der Waals surface area contributed by atoms with Gasteiger partial charge in [-0.05, 0) is 98.8 Å². The van der Waals surface area contributed by atoms with Gasteiger partial charge in [0.25, 0.3) is 10.0 Å². The number of ether oxygens (including phenoxy) is 3. The fraction of sp³-hybridized carbons (Fsp3) is 0.643. The van der Waals surface area contributed by atoms with Crippen LogP contribution >= 0.6 is 0 Å². The zero-order chi connectivity index (χ0) is 39.8. The average Bonchev–Trinajstić information content (AvgIpc) is 4.05. The van der Waals surface area contributed by atoms with Crippen LogP contribution in [0.15, 0.2) is 42.6 Å². The monoisotopic (exact) mass is 795 g/mol. The van der Waals surface area contributed by atoms with Crippen LogP contribution in [0.3, 0.4) is 0 Å². The van der Waals surface area contributed by atoms with E-state index >= 15 is 0 Å². The number of rotatable bonds is 9. The number of hydrogen-bond acceptors (Lipinski definition) is 10. The highest BCUT2D eigenvalue weighted by Gasteiger charge is 2.64. The molecule has 2 amide bonds. The fourth-order valence-electron chi connectivity index (χ4n) is 9.08. The van der Waals surface area contributed by atoms with Gasteiger partial charge < -0.3 is 19.1 Å². The van der Waals surface area contributed by atoms with Crippen LogP contribution in [0.5, 0.6) is 11.6 Å². The van der Waals surface area contributed by atoms with Gasteiger partial charge in [-0.3, -0.25) is 19.2 Å². The third kappa shape index (κ3) is 8.45. The number of halogens is 1. The standard InChI is InChI=1S/C42H54FN3O9S/c1-26-9-7-8-10-29-23-41(29,40(50)45-56(51,52)42(43)16-17-42)24-36(47)35-21-32(55-38-33-14-13-31(53-3)20-28(33)15-18-44-38)25-46(35)39(49)34(27(2)19-26)22-37(48)54-30-11-5-4-6-12-30/h8,10,13-15,18,20,26-27,29-30,32,34-35H,4-7,9,11-12,16-17,19,21-25H2,1-3H3,(H,45,50)/b10-8-/t26-,27-,29-,32-,34+,35+,41-/m1/s1. The van der Waals surface area contributed by atoms with Crippen molar-refractivity contribution >= 4 is 44.4 Å². The molecule has 0 unspecified atom stereocenters. The minimum Gasteiger partial charge on any atom is -0.497 e. The highest BCUT2D eigenvalue weighted by Crippen LogP contribution is 2.58. The van der Waals surface area contributed by atoms with Crippen molar-refractivity contribution in [3.05, 3.63) is 42.6 Å². The molecule has 56 heavy (non-hydrogen) atoms. The van der Waals surface area contributed by atoms with Crippen molar-refractivity contribution in [3.63, 3.8) is 0 Å². The van der Waals surface area contributed by atoms with E-state index in [1.165, 1.54) is 4.90 Å². The van der Waals surface area contributed by atoms with Crippen LogP contribution in [-0.2, 0) is 33.9 Å². The Labute approximate surface area is 328 Å². The first-order valence-corrected chi connectivity index (χ1v) is 21.7. The third-order valence-electron chi connectivity index (χ3n) is 12.8. The second-order valence-corrected chi connectivity index (χ2v) is 18.9. The summed E-state index contributed by atoms with van der Waals surface area (Å²) in [7, 11) is -3.03. The van der Waals surface area contributed by atoms with Gasteiger partial charge in [0, 0.05) is 37.3 Å². The van der Waals surface area contributed by atoms with Crippen molar-refractivity contribution in [2.45, 2.75) is 127 Å². The number of alkyl halides is 1. The quantitative estimate of drug-likeness (QED) is 0.224. The lowest BCUT2D eigenvalue weighted by atomic mass is 9.82. The Bertz CT molecular complexity index is 1980. The molecule has 4 fully saturated rings. The molecule has 7 rings (SSSR count). The minimum absolute atomic E-state index is 0.0290. The van der Waals surface area contributed by atoms with Crippen LogP contribution in [0.25, 0.3) is 10.8 Å². The maximum atomic E-state index is 14.9. The van der Waals surface area contributed by atoms with Gasteiger partial charge >= 0.3 is 5.97 Å². The lowest BCUT2D eigenvalue weighted by Gasteiger charge is -2.32. The molecule has 0 bridgehead atoms. The number of ketones is 1. The SMILES string of the molecule is COc1ccc2c(O[C@@H]3C[C@H]4C(=O)C[C@]5(C(=O)NS(=O)(=O)C6(F)CC6)C[C@H]5/C=C\CC[C@@H](C)C[C@@H](C)[C@H](CC(=O)OC5CCCCC5)C(=O)N4C3)nccc2c1. The van der Waals surface area contributed by atoms with E-state index in [2.05, 4.69) is 11.9 Å². The summed E-state index contributed by atoms with van der Waals surface area (Å²) < 4.78 is 60.3.